The molecular weight excluding hydrogens is 564 g/mol. The standard InChI is InChI=1S/C38H34N2O5/c1-23(2)27-7-6-10-33(21-27)45-38(44)34-18-14-30(19-25(34)4)36(42)39-31-15-11-24(3)35(22-31)40-37(43)29-9-5-8-28(20-29)26-12-16-32(41)17-13-26/h5-23,41H,1-4H3,(H,39,42)(H,40,43). The second-order valence-corrected chi connectivity index (χ2v) is 11.2. The number of ether oxygens (including phenoxy) is 1. The molecule has 0 aliphatic rings. The van der Waals surface area contributed by atoms with Crippen molar-refractivity contribution in [1.29, 1.82) is 0 Å². The van der Waals surface area contributed by atoms with Crippen LogP contribution in [0.2, 0.25) is 0 Å². The van der Waals surface area contributed by atoms with Crippen LogP contribution in [0.4, 0.5) is 11.4 Å². The van der Waals surface area contributed by atoms with E-state index >= 15 is 0 Å². The fourth-order valence-corrected chi connectivity index (χ4v) is 4.86. The van der Waals surface area contributed by atoms with Crippen LogP contribution in [0.3, 0.4) is 0 Å². The number of carbonyl (C=O) groups excluding carboxylic acids is 3. The zero-order valence-corrected chi connectivity index (χ0v) is 25.5. The molecule has 0 fully saturated rings. The van der Waals surface area contributed by atoms with Crippen LogP contribution in [0.15, 0.2) is 109 Å². The third-order valence-corrected chi connectivity index (χ3v) is 7.51. The topological polar surface area (TPSA) is 105 Å². The number of hydrogen-bond donors (Lipinski definition) is 3. The molecule has 226 valence electrons. The second-order valence-electron chi connectivity index (χ2n) is 11.2. The van der Waals surface area contributed by atoms with Crippen LogP contribution < -0.4 is 15.4 Å². The van der Waals surface area contributed by atoms with Gasteiger partial charge in [0.15, 0.2) is 0 Å². The molecule has 0 aliphatic carbocycles. The summed E-state index contributed by atoms with van der Waals surface area (Å²) >= 11 is 0. The minimum atomic E-state index is -0.493. The third-order valence-electron chi connectivity index (χ3n) is 7.51. The highest BCUT2D eigenvalue weighted by Gasteiger charge is 2.16. The predicted molar refractivity (Wildman–Crippen MR) is 177 cm³/mol. The number of phenols is 1. The van der Waals surface area contributed by atoms with E-state index in [1.807, 2.05) is 37.3 Å². The summed E-state index contributed by atoms with van der Waals surface area (Å²) in [4.78, 5) is 39.2. The Morgan fingerprint density at radius 1 is 0.667 bits per heavy atom. The quantitative estimate of drug-likeness (QED) is 0.123. The number of aryl methyl sites for hydroxylation is 2. The molecule has 7 nitrogen and oxygen atoms in total. The fraction of sp³-hybridized carbons (Fsp3) is 0.132. The van der Waals surface area contributed by atoms with E-state index in [0.29, 0.717) is 45.3 Å². The molecule has 0 unspecified atom stereocenters. The average molecular weight is 599 g/mol. The number of benzene rings is 5. The molecule has 0 atom stereocenters. The summed E-state index contributed by atoms with van der Waals surface area (Å²) in [5.74, 6) is -0.196. The van der Waals surface area contributed by atoms with Crippen molar-refractivity contribution in [3.05, 3.63) is 143 Å². The van der Waals surface area contributed by atoms with Gasteiger partial charge in [0.05, 0.1) is 5.56 Å². The monoisotopic (exact) mass is 598 g/mol. The summed E-state index contributed by atoms with van der Waals surface area (Å²) in [6.07, 6.45) is 0. The Morgan fingerprint density at radius 2 is 1.38 bits per heavy atom. The minimum Gasteiger partial charge on any atom is -0.508 e. The van der Waals surface area contributed by atoms with Crippen molar-refractivity contribution in [1.82, 2.24) is 0 Å². The van der Waals surface area contributed by atoms with E-state index in [-0.39, 0.29) is 17.6 Å². The Bertz CT molecular complexity index is 1890. The summed E-state index contributed by atoms with van der Waals surface area (Å²) in [6, 6.07) is 31.5. The number of amides is 2. The fourth-order valence-electron chi connectivity index (χ4n) is 4.86. The van der Waals surface area contributed by atoms with Gasteiger partial charge >= 0.3 is 5.97 Å². The molecule has 5 aromatic carbocycles. The molecule has 7 heteroatoms. The molecule has 0 saturated heterocycles. The minimum absolute atomic E-state index is 0.172. The molecule has 0 spiro atoms. The van der Waals surface area contributed by atoms with E-state index in [1.54, 1.807) is 85.8 Å². The Kier molecular flexibility index (Phi) is 9.09. The molecule has 0 bridgehead atoms. The molecule has 5 rings (SSSR count). The first-order valence-electron chi connectivity index (χ1n) is 14.6. The van der Waals surface area contributed by atoms with Gasteiger partial charge in [0.1, 0.15) is 11.5 Å². The van der Waals surface area contributed by atoms with E-state index < -0.39 is 5.97 Å². The van der Waals surface area contributed by atoms with Crippen LogP contribution in [0, 0.1) is 13.8 Å². The van der Waals surface area contributed by atoms with Crippen molar-refractivity contribution in [3.8, 4) is 22.6 Å². The highest BCUT2D eigenvalue weighted by molar-refractivity contribution is 6.07. The third kappa shape index (κ3) is 7.46. The van der Waals surface area contributed by atoms with Crippen LogP contribution in [-0.2, 0) is 0 Å². The summed E-state index contributed by atoms with van der Waals surface area (Å²) < 4.78 is 5.61. The molecule has 5 aromatic rings. The number of aromatic hydroxyl groups is 1. The highest BCUT2D eigenvalue weighted by atomic mass is 16.5. The highest BCUT2D eigenvalue weighted by Crippen LogP contribution is 2.26. The van der Waals surface area contributed by atoms with Gasteiger partial charge in [-0.3, -0.25) is 9.59 Å². The maximum absolute atomic E-state index is 13.2. The van der Waals surface area contributed by atoms with Gasteiger partial charge in [-0.15, -0.1) is 0 Å². The maximum Gasteiger partial charge on any atom is 0.343 e. The first-order valence-corrected chi connectivity index (χ1v) is 14.6. The molecule has 3 N–H and O–H groups in total. The predicted octanol–water partition coefficient (Wildman–Crippen LogP) is 8.52. The lowest BCUT2D eigenvalue weighted by molar-refractivity contribution is 0.0733. The smallest absolute Gasteiger partial charge is 0.343 e. The molecule has 2 amide bonds. The van der Waals surface area contributed by atoms with Crippen LogP contribution in [0.1, 0.15) is 67.5 Å². The lowest BCUT2D eigenvalue weighted by Crippen LogP contribution is -2.16. The van der Waals surface area contributed by atoms with Gasteiger partial charge in [0, 0.05) is 22.5 Å². The van der Waals surface area contributed by atoms with E-state index in [9.17, 15) is 19.5 Å². The number of hydrogen-bond acceptors (Lipinski definition) is 5. The van der Waals surface area contributed by atoms with Gasteiger partial charge in [-0.05, 0) is 114 Å². The Labute approximate surface area is 262 Å². The number of phenolic OH excluding ortho intramolecular Hbond substituents is 1. The molecule has 0 aliphatic heterocycles. The molecular formula is C38H34N2O5. The van der Waals surface area contributed by atoms with Gasteiger partial charge in [0.25, 0.3) is 11.8 Å². The number of nitrogens with one attached hydrogen (secondary N) is 2. The lowest BCUT2D eigenvalue weighted by atomic mass is 10.0. The van der Waals surface area contributed by atoms with Crippen molar-refractivity contribution in [2.24, 2.45) is 0 Å². The first kappa shape index (κ1) is 30.8. The van der Waals surface area contributed by atoms with Gasteiger partial charge in [-0.2, -0.15) is 0 Å². The largest absolute Gasteiger partial charge is 0.508 e. The van der Waals surface area contributed by atoms with Crippen molar-refractivity contribution in [2.75, 3.05) is 10.6 Å². The average Bonchev–Trinajstić information content (AvgIpc) is 3.03. The van der Waals surface area contributed by atoms with E-state index in [0.717, 1.165) is 22.3 Å². The molecule has 0 heterocycles. The van der Waals surface area contributed by atoms with Gasteiger partial charge in [0.2, 0.25) is 0 Å². The van der Waals surface area contributed by atoms with Crippen LogP contribution >= 0.6 is 0 Å². The number of carbonyl (C=O) groups is 3. The van der Waals surface area contributed by atoms with Crippen molar-refractivity contribution >= 4 is 29.2 Å². The van der Waals surface area contributed by atoms with Crippen LogP contribution in [0.25, 0.3) is 11.1 Å². The Morgan fingerprint density at radius 3 is 2.11 bits per heavy atom. The zero-order valence-electron chi connectivity index (χ0n) is 25.5. The van der Waals surface area contributed by atoms with E-state index in [2.05, 4.69) is 24.5 Å². The Hall–Kier alpha value is -5.69. The number of esters is 1. The van der Waals surface area contributed by atoms with Crippen molar-refractivity contribution in [2.45, 2.75) is 33.6 Å². The van der Waals surface area contributed by atoms with Gasteiger partial charge in [-0.25, -0.2) is 4.79 Å². The van der Waals surface area contributed by atoms with Gasteiger partial charge in [-0.1, -0.05) is 56.3 Å². The number of anilines is 2. The van der Waals surface area contributed by atoms with Crippen molar-refractivity contribution in [3.63, 3.8) is 0 Å². The maximum atomic E-state index is 13.2. The summed E-state index contributed by atoms with van der Waals surface area (Å²) in [5, 5.41) is 15.4. The van der Waals surface area contributed by atoms with Gasteiger partial charge < -0.3 is 20.5 Å². The molecule has 0 aromatic heterocycles. The molecule has 45 heavy (non-hydrogen) atoms. The Balaban J connectivity index is 1.26. The van der Waals surface area contributed by atoms with E-state index in [1.165, 1.54) is 0 Å². The summed E-state index contributed by atoms with van der Waals surface area (Å²) in [5.41, 5.74) is 6.51. The molecule has 0 radical (unpaired) electrons. The van der Waals surface area contributed by atoms with E-state index in [4.69, 9.17) is 4.74 Å². The zero-order chi connectivity index (χ0) is 32.1. The summed E-state index contributed by atoms with van der Waals surface area (Å²) in [6.45, 7) is 7.77. The normalized spacial score (nSPS) is 10.8. The first-order chi connectivity index (χ1) is 21.6. The van der Waals surface area contributed by atoms with Crippen LogP contribution in [-0.4, -0.2) is 22.9 Å². The number of rotatable bonds is 8. The lowest BCUT2D eigenvalue weighted by Gasteiger charge is -2.13. The summed E-state index contributed by atoms with van der Waals surface area (Å²) in [7, 11) is 0. The van der Waals surface area contributed by atoms with Crippen molar-refractivity contribution < 1.29 is 24.2 Å². The molecule has 0 saturated carbocycles. The SMILES string of the molecule is Cc1ccc(NC(=O)c2ccc(C(=O)Oc3cccc(C(C)C)c3)c(C)c2)cc1NC(=O)c1cccc(-c2ccc(O)cc2)c1. The van der Waals surface area contributed by atoms with Crippen LogP contribution in [0.5, 0.6) is 11.5 Å². The second kappa shape index (κ2) is 13.3.